The van der Waals surface area contributed by atoms with Gasteiger partial charge in [-0.3, -0.25) is 0 Å². The smallest absolute Gasteiger partial charge is 0.00385 e. The van der Waals surface area contributed by atoms with Crippen LogP contribution in [0, 0.1) is 23.7 Å². The highest BCUT2D eigenvalue weighted by Gasteiger charge is 2.23. The third kappa shape index (κ3) is 8.85. The predicted molar refractivity (Wildman–Crippen MR) is 111 cm³/mol. The fourth-order valence-corrected chi connectivity index (χ4v) is 3.80. The van der Waals surface area contributed by atoms with Gasteiger partial charge in [0.15, 0.2) is 0 Å². The highest BCUT2D eigenvalue weighted by Crippen LogP contribution is 2.25. The van der Waals surface area contributed by atoms with Gasteiger partial charge < -0.3 is 9.80 Å². The molecule has 24 heavy (non-hydrogen) atoms. The third-order valence-corrected chi connectivity index (χ3v) is 5.95. The fourth-order valence-electron chi connectivity index (χ4n) is 3.80. The SMILES string of the molecule is CC.CC(C)C1CCN(C(C)C)CC1.CCN1CCC(C(C)C)C1. The maximum Gasteiger partial charge on any atom is 0.00385 e. The van der Waals surface area contributed by atoms with E-state index in [0.29, 0.717) is 0 Å². The Labute approximate surface area is 154 Å². The van der Waals surface area contributed by atoms with E-state index in [4.69, 9.17) is 0 Å². The Morgan fingerprint density at radius 1 is 0.750 bits per heavy atom. The summed E-state index contributed by atoms with van der Waals surface area (Å²) in [5.74, 6) is 3.73. The molecule has 2 nitrogen and oxygen atoms in total. The van der Waals surface area contributed by atoms with Gasteiger partial charge in [0.05, 0.1) is 0 Å². The van der Waals surface area contributed by atoms with Gasteiger partial charge in [0.25, 0.3) is 0 Å². The van der Waals surface area contributed by atoms with Crippen molar-refractivity contribution in [1.29, 1.82) is 0 Å². The van der Waals surface area contributed by atoms with Crippen molar-refractivity contribution in [3.63, 3.8) is 0 Å². The van der Waals surface area contributed by atoms with Crippen LogP contribution in [0.1, 0.15) is 81.6 Å². The van der Waals surface area contributed by atoms with Crippen molar-refractivity contribution in [3.8, 4) is 0 Å². The van der Waals surface area contributed by atoms with E-state index < -0.39 is 0 Å². The van der Waals surface area contributed by atoms with E-state index in [-0.39, 0.29) is 0 Å². The lowest BCUT2D eigenvalue weighted by molar-refractivity contribution is 0.129. The molecule has 0 radical (unpaired) electrons. The molecule has 0 N–H and O–H groups in total. The molecule has 0 aromatic heterocycles. The summed E-state index contributed by atoms with van der Waals surface area (Å²) in [6, 6.07) is 0.748. The van der Waals surface area contributed by atoms with E-state index >= 15 is 0 Å². The van der Waals surface area contributed by atoms with Crippen LogP contribution in [0.15, 0.2) is 0 Å². The first kappa shape index (κ1) is 23.9. The maximum absolute atomic E-state index is 2.60. The second-order valence-corrected chi connectivity index (χ2v) is 8.40. The molecule has 0 aromatic rings. The standard InChI is InChI=1S/C11H23N.C9H19N.C2H6/c1-9(2)11-5-7-12(8-6-11)10(3)4;1-4-10-6-5-9(7-10)8(2)3;1-2/h9-11H,5-8H2,1-4H3;8-9H,4-7H2,1-3H3;1-2H3. The van der Waals surface area contributed by atoms with E-state index in [1.165, 1.54) is 52.0 Å². The Balaban J connectivity index is 0.000000405. The summed E-state index contributed by atoms with van der Waals surface area (Å²) < 4.78 is 0. The van der Waals surface area contributed by atoms with Crippen LogP contribution in [-0.2, 0) is 0 Å². The topological polar surface area (TPSA) is 6.48 Å². The monoisotopic (exact) mass is 340 g/mol. The van der Waals surface area contributed by atoms with E-state index in [9.17, 15) is 0 Å². The van der Waals surface area contributed by atoms with Gasteiger partial charge in [-0.2, -0.15) is 0 Å². The van der Waals surface area contributed by atoms with Crippen LogP contribution in [0.25, 0.3) is 0 Å². The first-order valence-electron chi connectivity index (χ1n) is 10.8. The van der Waals surface area contributed by atoms with Crippen molar-refractivity contribution in [2.75, 3.05) is 32.7 Å². The molecule has 146 valence electrons. The van der Waals surface area contributed by atoms with E-state index in [2.05, 4.69) is 58.3 Å². The van der Waals surface area contributed by atoms with Crippen LogP contribution in [0.3, 0.4) is 0 Å². The number of hydrogen-bond donors (Lipinski definition) is 0. The number of likely N-dealkylation sites (tertiary alicyclic amines) is 2. The maximum atomic E-state index is 2.60. The molecule has 0 aliphatic carbocycles. The lowest BCUT2D eigenvalue weighted by atomic mass is 9.86. The third-order valence-electron chi connectivity index (χ3n) is 5.95. The summed E-state index contributed by atoms with van der Waals surface area (Å²) in [6.45, 7) is 26.8. The Morgan fingerprint density at radius 2 is 1.21 bits per heavy atom. The van der Waals surface area contributed by atoms with E-state index in [1.54, 1.807) is 0 Å². The van der Waals surface area contributed by atoms with E-state index in [1.807, 2.05) is 13.8 Å². The predicted octanol–water partition coefficient (Wildman–Crippen LogP) is 5.77. The molecule has 0 bridgehead atoms. The van der Waals surface area contributed by atoms with Crippen molar-refractivity contribution in [2.24, 2.45) is 23.7 Å². The molecule has 2 heterocycles. The summed E-state index contributed by atoms with van der Waals surface area (Å²) in [5, 5.41) is 0. The Bertz CT molecular complexity index is 262. The molecule has 0 saturated carbocycles. The van der Waals surface area contributed by atoms with E-state index in [0.717, 1.165) is 29.7 Å². The average molecular weight is 341 g/mol. The van der Waals surface area contributed by atoms with Crippen molar-refractivity contribution in [3.05, 3.63) is 0 Å². The highest BCUT2D eigenvalue weighted by atomic mass is 15.1. The highest BCUT2D eigenvalue weighted by molar-refractivity contribution is 4.77. The Hall–Kier alpha value is -0.0800. The van der Waals surface area contributed by atoms with Gasteiger partial charge in [0.1, 0.15) is 0 Å². The molecule has 2 aliphatic heterocycles. The summed E-state index contributed by atoms with van der Waals surface area (Å²) in [5.41, 5.74) is 0. The molecule has 1 atom stereocenters. The van der Waals surface area contributed by atoms with Crippen LogP contribution >= 0.6 is 0 Å². The molecule has 2 heteroatoms. The minimum Gasteiger partial charge on any atom is -0.303 e. The summed E-state index contributed by atoms with van der Waals surface area (Å²) in [6.07, 6.45) is 4.25. The molecule has 2 rings (SSSR count). The Kier molecular flexibility index (Phi) is 13.1. The first-order valence-corrected chi connectivity index (χ1v) is 10.8. The molecule has 0 spiro atoms. The summed E-state index contributed by atoms with van der Waals surface area (Å²) in [4.78, 5) is 5.14. The minimum atomic E-state index is 0.748. The minimum absolute atomic E-state index is 0.748. The fraction of sp³-hybridized carbons (Fsp3) is 1.00. The number of piperidine rings is 1. The van der Waals surface area contributed by atoms with Crippen LogP contribution in [0.2, 0.25) is 0 Å². The van der Waals surface area contributed by atoms with Crippen LogP contribution < -0.4 is 0 Å². The van der Waals surface area contributed by atoms with Gasteiger partial charge in [-0.1, -0.05) is 48.5 Å². The summed E-state index contributed by atoms with van der Waals surface area (Å²) >= 11 is 0. The number of nitrogens with zero attached hydrogens (tertiary/aromatic N) is 2. The lowest BCUT2D eigenvalue weighted by Crippen LogP contribution is -2.39. The lowest BCUT2D eigenvalue weighted by Gasteiger charge is -2.36. The van der Waals surface area contributed by atoms with Crippen molar-refractivity contribution in [2.45, 2.75) is 87.6 Å². The molecular formula is C22H48N2. The molecular weight excluding hydrogens is 292 g/mol. The van der Waals surface area contributed by atoms with Gasteiger partial charge in [0.2, 0.25) is 0 Å². The molecule has 2 saturated heterocycles. The summed E-state index contributed by atoms with van der Waals surface area (Å²) in [7, 11) is 0. The molecule has 2 fully saturated rings. The molecule has 0 amide bonds. The van der Waals surface area contributed by atoms with Gasteiger partial charge in [-0.15, -0.1) is 0 Å². The zero-order valence-electron chi connectivity index (χ0n) is 18.4. The average Bonchev–Trinajstić information content (AvgIpc) is 3.07. The van der Waals surface area contributed by atoms with Gasteiger partial charge in [0, 0.05) is 12.6 Å². The quantitative estimate of drug-likeness (QED) is 0.640. The van der Waals surface area contributed by atoms with Crippen LogP contribution in [0.5, 0.6) is 0 Å². The van der Waals surface area contributed by atoms with Gasteiger partial charge >= 0.3 is 0 Å². The largest absolute Gasteiger partial charge is 0.303 e. The number of hydrogen-bond acceptors (Lipinski definition) is 2. The number of rotatable bonds is 4. The van der Waals surface area contributed by atoms with Gasteiger partial charge in [-0.25, -0.2) is 0 Å². The second-order valence-electron chi connectivity index (χ2n) is 8.40. The van der Waals surface area contributed by atoms with Crippen molar-refractivity contribution < 1.29 is 0 Å². The Morgan fingerprint density at radius 3 is 1.50 bits per heavy atom. The molecule has 1 unspecified atom stereocenters. The first-order chi connectivity index (χ1) is 11.3. The van der Waals surface area contributed by atoms with Gasteiger partial charge in [-0.05, 0) is 83.0 Å². The normalized spacial score (nSPS) is 23.2. The van der Waals surface area contributed by atoms with Crippen molar-refractivity contribution in [1.82, 2.24) is 9.80 Å². The second kappa shape index (κ2) is 13.2. The zero-order valence-corrected chi connectivity index (χ0v) is 18.4. The van der Waals surface area contributed by atoms with Crippen LogP contribution in [0.4, 0.5) is 0 Å². The van der Waals surface area contributed by atoms with Crippen LogP contribution in [-0.4, -0.2) is 48.6 Å². The zero-order chi connectivity index (χ0) is 18.7. The molecule has 0 aromatic carbocycles. The molecule has 2 aliphatic rings. The van der Waals surface area contributed by atoms with Crippen molar-refractivity contribution >= 4 is 0 Å².